The Morgan fingerprint density at radius 3 is 2.56 bits per heavy atom. The largest absolute Gasteiger partial charge is 0.377 e. The van der Waals surface area contributed by atoms with Crippen molar-refractivity contribution in [1.82, 2.24) is 20.0 Å². The summed E-state index contributed by atoms with van der Waals surface area (Å²) in [6, 6.07) is 23.6. The van der Waals surface area contributed by atoms with Crippen molar-refractivity contribution in [3.05, 3.63) is 113 Å². The first-order chi connectivity index (χ1) is 21.4. The van der Waals surface area contributed by atoms with Gasteiger partial charge in [-0.15, -0.1) is 5.10 Å². The van der Waals surface area contributed by atoms with Crippen molar-refractivity contribution in [3.63, 3.8) is 0 Å². The van der Waals surface area contributed by atoms with Crippen LogP contribution in [-0.2, 0) is 0 Å². The number of benzene rings is 3. The Morgan fingerprint density at radius 2 is 1.81 bits per heavy atom. The average molecular weight is 569 g/mol. The van der Waals surface area contributed by atoms with Gasteiger partial charge in [0.15, 0.2) is 5.82 Å². The molecule has 9 nitrogen and oxygen atoms in total. The number of nitrogens with zero attached hydrogens (tertiary/aromatic N) is 7. The first kappa shape index (κ1) is 26.1. The number of fused-ring (bicyclic) bond motifs is 1. The Balaban J connectivity index is 1.47. The Hall–Kier alpha value is -5.79. The van der Waals surface area contributed by atoms with E-state index >= 15 is 4.39 Å². The standard InChI is InChI=1S/C33H26FN9/c34-28-16-25(39-32(23-9-4-6-21(14-23)17-36)30-20-43(42-41-30)26-11-12-26)15-27-31(24(18-37)19-38-33(27)28)40-29(10-5-13-35)22-7-2-1-3-8-22/h1-4,6-9,14-16,19-20,26,29,32,39H,5,10-12H2,(H,38,40)/t29-,32+/m1/s1/i32D. The zero-order valence-electron chi connectivity index (χ0n) is 24.0. The first-order valence-electron chi connectivity index (χ1n) is 14.4. The Labute approximate surface area is 249 Å². The summed E-state index contributed by atoms with van der Waals surface area (Å²) in [6.07, 6.45) is 5.70. The predicted octanol–water partition coefficient (Wildman–Crippen LogP) is 6.70. The van der Waals surface area contributed by atoms with Gasteiger partial charge >= 0.3 is 0 Å². The van der Waals surface area contributed by atoms with Gasteiger partial charge in [0.05, 0.1) is 54.6 Å². The van der Waals surface area contributed by atoms with Crippen LogP contribution in [0.3, 0.4) is 0 Å². The number of pyridine rings is 1. The number of aromatic nitrogens is 4. The van der Waals surface area contributed by atoms with E-state index in [0.29, 0.717) is 28.6 Å². The second kappa shape index (κ2) is 12.0. The molecule has 0 aliphatic heterocycles. The number of hydrogen-bond acceptors (Lipinski definition) is 8. The highest BCUT2D eigenvalue weighted by molar-refractivity contribution is 5.96. The van der Waals surface area contributed by atoms with Gasteiger partial charge in [0.25, 0.3) is 0 Å². The van der Waals surface area contributed by atoms with Crippen molar-refractivity contribution >= 4 is 22.3 Å². The lowest BCUT2D eigenvalue weighted by Crippen LogP contribution is -2.14. The van der Waals surface area contributed by atoms with Crippen LogP contribution in [0.2, 0.25) is 0 Å². The molecule has 2 atom stereocenters. The highest BCUT2D eigenvalue weighted by Crippen LogP contribution is 2.37. The minimum Gasteiger partial charge on any atom is -0.377 e. The zero-order chi connectivity index (χ0) is 30.7. The summed E-state index contributed by atoms with van der Waals surface area (Å²) in [5.41, 5.74) is 2.83. The second-order valence-electron chi connectivity index (χ2n) is 10.3. The summed E-state index contributed by atoms with van der Waals surface area (Å²) in [4.78, 5) is 4.23. The van der Waals surface area contributed by atoms with E-state index < -0.39 is 11.8 Å². The zero-order valence-corrected chi connectivity index (χ0v) is 23.0. The molecular weight excluding hydrogens is 541 g/mol. The molecule has 0 unspecified atom stereocenters. The molecule has 2 aromatic heterocycles. The van der Waals surface area contributed by atoms with Crippen LogP contribution in [0, 0.1) is 39.8 Å². The van der Waals surface area contributed by atoms with E-state index in [1.165, 1.54) is 12.3 Å². The van der Waals surface area contributed by atoms with Crippen molar-refractivity contribution < 1.29 is 5.76 Å². The fourth-order valence-electron chi connectivity index (χ4n) is 5.04. The van der Waals surface area contributed by atoms with E-state index in [9.17, 15) is 17.2 Å². The number of nitriles is 3. The first-order valence-corrected chi connectivity index (χ1v) is 13.9. The van der Waals surface area contributed by atoms with Crippen LogP contribution < -0.4 is 10.6 Å². The van der Waals surface area contributed by atoms with Gasteiger partial charge in [-0.2, -0.15) is 15.8 Å². The molecule has 1 fully saturated rings. The highest BCUT2D eigenvalue weighted by Gasteiger charge is 2.27. The summed E-state index contributed by atoms with van der Waals surface area (Å²) >= 11 is 0. The maximum atomic E-state index is 15.7. The van der Waals surface area contributed by atoms with Crippen molar-refractivity contribution in [3.8, 4) is 18.2 Å². The fourth-order valence-corrected chi connectivity index (χ4v) is 5.04. The molecule has 1 saturated carbocycles. The Bertz CT molecular complexity index is 1970. The third-order valence-electron chi connectivity index (χ3n) is 7.35. The third kappa shape index (κ3) is 5.84. The molecule has 2 N–H and O–H groups in total. The molecule has 0 bridgehead atoms. The van der Waals surface area contributed by atoms with E-state index in [4.69, 9.17) is 0 Å². The molecule has 0 saturated heterocycles. The lowest BCUT2D eigenvalue weighted by Gasteiger charge is -2.23. The molecule has 43 heavy (non-hydrogen) atoms. The van der Waals surface area contributed by atoms with Crippen molar-refractivity contribution in [2.45, 2.75) is 43.8 Å². The molecule has 0 spiro atoms. The molecule has 6 rings (SSSR count). The molecule has 3 aromatic carbocycles. The topological polar surface area (TPSA) is 139 Å². The van der Waals surface area contributed by atoms with Crippen LogP contribution in [0.4, 0.5) is 15.8 Å². The Kier molecular flexibility index (Phi) is 7.28. The number of rotatable bonds is 10. The minimum absolute atomic E-state index is 0.0471. The van der Waals surface area contributed by atoms with E-state index in [0.717, 1.165) is 18.4 Å². The normalized spacial score (nSPS) is 14.9. The van der Waals surface area contributed by atoms with Crippen LogP contribution in [0.25, 0.3) is 10.9 Å². The average Bonchev–Trinajstić information content (AvgIpc) is 3.78. The van der Waals surface area contributed by atoms with Gasteiger partial charge in [0, 0.05) is 23.7 Å². The molecule has 10 heteroatoms. The quantitative estimate of drug-likeness (QED) is 0.190. The predicted molar refractivity (Wildman–Crippen MR) is 159 cm³/mol. The summed E-state index contributed by atoms with van der Waals surface area (Å²) in [6.45, 7) is 0. The molecule has 0 amide bonds. The van der Waals surface area contributed by atoms with Crippen LogP contribution in [0.1, 0.15) is 73.1 Å². The summed E-state index contributed by atoms with van der Waals surface area (Å²) in [5.74, 6) is -0.652. The van der Waals surface area contributed by atoms with Crippen LogP contribution in [-0.4, -0.2) is 20.0 Å². The van der Waals surface area contributed by atoms with Crippen molar-refractivity contribution in [2.75, 3.05) is 10.6 Å². The summed E-state index contributed by atoms with van der Waals surface area (Å²) < 4.78 is 27.1. The van der Waals surface area contributed by atoms with E-state index in [2.05, 4.69) is 44.1 Å². The highest BCUT2D eigenvalue weighted by atomic mass is 19.1. The summed E-state index contributed by atoms with van der Waals surface area (Å²) in [5, 5.41) is 44.2. The number of halogens is 1. The fraction of sp³-hybridized carbons (Fsp3) is 0.212. The smallest absolute Gasteiger partial charge is 0.151 e. The molecule has 2 heterocycles. The number of nitrogens with one attached hydrogen (secondary N) is 2. The van der Waals surface area contributed by atoms with Gasteiger partial charge < -0.3 is 10.6 Å². The van der Waals surface area contributed by atoms with E-state index in [1.54, 1.807) is 41.2 Å². The number of anilines is 2. The van der Waals surface area contributed by atoms with Gasteiger partial charge in [-0.25, -0.2) is 9.07 Å². The molecule has 5 aromatic rings. The SMILES string of the molecule is [2H][C@](Nc1cc(F)c2ncc(C#N)c(N[C@H](CCC#N)c3ccccc3)c2c1)(c1cccc(C#N)c1)c1cn(C2CC2)nn1. The van der Waals surface area contributed by atoms with Crippen LogP contribution in [0.5, 0.6) is 0 Å². The Morgan fingerprint density at radius 1 is 1.00 bits per heavy atom. The third-order valence-corrected chi connectivity index (χ3v) is 7.35. The summed E-state index contributed by atoms with van der Waals surface area (Å²) in [7, 11) is 0. The second-order valence-corrected chi connectivity index (χ2v) is 10.3. The molecular formula is C33H26FN9. The molecule has 0 radical (unpaired) electrons. The number of hydrogen-bond donors (Lipinski definition) is 2. The molecule has 1 aliphatic carbocycles. The van der Waals surface area contributed by atoms with E-state index in [1.807, 2.05) is 30.3 Å². The van der Waals surface area contributed by atoms with Crippen LogP contribution in [0.15, 0.2) is 79.1 Å². The molecule has 1 aliphatic rings. The minimum atomic E-state index is -1.74. The van der Waals surface area contributed by atoms with Gasteiger partial charge in [0.2, 0.25) is 0 Å². The van der Waals surface area contributed by atoms with Gasteiger partial charge in [-0.05, 0) is 54.7 Å². The maximum Gasteiger partial charge on any atom is 0.151 e. The lowest BCUT2D eigenvalue weighted by atomic mass is 9.99. The van der Waals surface area contributed by atoms with E-state index in [-0.39, 0.29) is 41.0 Å². The van der Waals surface area contributed by atoms with Crippen molar-refractivity contribution in [2.24, 2.45) is 0 Å². The molecule has 210 valence electrons. The maximum absolute atomic E-state index is 15.7. The lowest BCUT2D eigenvalue weighted by molar-refractivity contribution is 0.610. The van der Waals surface area contributed by atoms with Crippen LogP contribution >= 0.6 is 0 Å². The van der Waals surface area contributed by atoms with Gasteiger partial charge in [-0.3, -0.25) is 4.98 Å². The van der Waals surface area contributed by atoms with Gasteiger partial charge in [0.1, 0.15) is 17.3 Å². The van der Waals surface area contributed by atoms with Crippen molar-refractivity contribution in [1.29, 1.82) is 15.8 Å². The monoisotopic (exact) mass is 568 g/mol. The van der Waals surface area contributed by atoms with Gasteiger partial charge in [-0.1, -0.05) is 47.7 Å².